The van der Waals surface area contributed by atoms with Gasteiger partial charge in [0.1, 0.15) is 0 Å². The molecular weight excluding hydrogens is 244 g/mol. The third-order valence-electron chi connectivity index (χ3n) is 3.60. The number of nitrogen functional groups attached to an aromatic ring is 1. The van der Waals surface area contributed by atoms with Crippen molar-refractivity contribution < 1.29 is 9.53 Å². The second-order valence-corrected chi connectivity index (χ2v) is 4.95. The molecule has 0 unspecified atom stereocenters. The lowest BCUT2D eigenvalue weighted by molar-refractivity contribution is 0.0897. The van der Waals surface area contributed by atoms with Crippen LogP contribution in [0.3, 0.4) is 0 Å². The van der Waals surface area contributed by atoms with Gasteiger partial charge in [0.05, 0.1) is 17.9 Å². The van der Waals surface area contributed by atoms with Crippen molar-refractivity contribution in [3.8, 4) is 0 Å². The van der Waals surface area contributed by atoms with E-state index in [4.69, 9.17) is 10.5 Å². The number of nitrogens with one attached hydrogen (secondary N) is 1. The van der Waals surface area contributed by atoms with E-state index in [0.717, 1.165) is 19.3 Å². The van der Waals surface area contributed by atoms with Gasteiger partial charge in [-0.3, -0.25) is 4.79 Å². The van der Waals surface area contributed by atoms with Crippen LogP contribution >= 0.6 is 0 Å². The van der Waals surface area contributed by atoms with Crippen LogP contribution in [0, 0.1) is 12.8 Å². The van der Waals surface area contributed by atoms with Gasteiger partial charge in [0.2, 0.25) is 5.95 Å². The molecule has 1 aromatic rings. The van der Waals surface area contributed by atoms with Gasteiger partial charge >= 0.3 is 0 Å². The molecule has 6 heteroatoms. The van der Waals surface area contributed by atoms with Gasteiger partial charge in [0.15, 0.2) is 0 Å². The number of nitrogens with two attached hydrogens (primary N) is 1. The van der Waals surface area contributed by atoms with Crippen LogP contribution in [0.25, 0.3) is 0 Å². The molecule has 1 aromatic heterocycles. The Hall–Kier alpha value is -1.69. The monoisotopic (exact) mass is 264 g/mol. The molecule has 2 atom stereocenters. The normalized spacial score (nSPS) is 22.4. The number of hydrogen-bond donors (Lipinski definition) is 2. The predicted molar refractivity (Wildman–Crippen MR) is 71.7 cm³/mol. The molecule has 0 aromatic carbocycles. The van der Waals surface area contributed by atoms with Gasteiger partial charge in [-0.2, -0.15) is 0 Å². The summed E-state index contributed by atoms with van der Waals surface area (Å²) in [5.41, 5.74) is 6.57. The van der Waals surface area contributed by atoms with Crippen LogP contribution in [0.5, 0.6) is 0 Å². The van der Waals surface area contributed by atoms with E-state index in [1.807, 2.05) is 0 Å². The Labute approximate surface area is 112 Å². The van der Waals surface area contributed by atoms with E-state index < -0.39 is 0 Å². The van der Waals surface area contributed by atoms with Crippen LogP contribution in [-0.2, 0) is 4.74 Å². The fourth-order valence-electron chi connectivity index (χ4n) is 2.59. The fraction of sp³-hybridized carbons (Fsp3) is 0.615. The average Bonchev–Trinajstić information content (AvgIpc) is 2.77. The molecule has 6 nitrogen and oxygen atoms in total. The largest absolute Gasteiger partial charge is 0.384 e. The fourth-order valence-corrected chi connectivity index (χ4v) is 2.59. The van der Waals surface area contributed by atoms with Crippen LogP contribution in [-0.4, -0.2) is 35.6 Å². The molecule has 0 saturated heterocycles. The Bertz CT molecular complexity index is 464. The van der Waals surface area contributed by atoms with Gasteiger partial charge in [-0.25, -0.2) is 9.97 Å². The molecule has 1 aliphatic carbocycles. The minimum atomic E-state index is -0.134. The van der Waals surface area contributed by atoms with Gasteiger partial charge in [0, 0.05) is 25.3 Å². The first-order chi connectivity index (χ1) is 9.11. The predicted octanol–water partition coefficient (Wildman–Crippen LogP) is 0.912. The van der Waals surface area contributed by atoms with Crippen LogP contribution in [0.4, 0.5) is 5.95 Å². The summed E-state index contributed by atoms with van der Waals surface area (Å²) in [5.74, 6) is 0.446. The molecule has 1 heterocycles. The van der Waals surface area contributed by atoms with Crippen molar-refractivity contribution in [3.05, 3.63) is 17.5 Å². The topological polar surface area (TPSA) is 90.1 Å². The maximum Gasteiger partial charge on any atom is 0.254 e. The first-order valence-electron chi connectivity index (χ1n) is 6.50. The van der Waals surface area contributed by atoms with Crippen molar-refractivity contribution in [1.29, 1.82) is 0 Å². The molecule has 1 aliphatic rings. The van der Waals surface area contributed by atoms with Crippen molar-refractivity contribution in [3.63, 3.8) is 0 Å². The summed E-state index contributed by atoms with van der Waals surface area (Å²) < 4.78 is 5.19. The zero-order chi connectivity index (χ0) is 13.8. The van der Waals surface area contributed by atoms with E-state index in [-0.39, 0.29) is 17.9 Å². The molecule has 104 valence electrons. The molecule has 1 amide bonds. The highest BCUT2D eigenvalue weighted by atomic mass is 16.5. The lowest BCUT2D eigenvalue weighted by Crippen LogP contribution is -2.39. The van der Waals surface area contributed by atoms with Crippen molar-refractivity contribution in [1.82, 2.24) is 15.3 Å². The number of methoxy groups -OCH3 is 1. The average molecular weight is 264 g/mol. The van der Waals surface area contributed by atoms with E-state index in [1.165, 1.54) is 6.20 Å². The summed E-state index contributed by atoms with van der Waals surface area (Å²) in [4.78, 5) is 20.1. The van der Waals surface area contributed by atoms with Crippen molar-refractivity contribution in [2.45, 2.75) is 32.2 Å². The zero-order valence-corrected chi connectivity index (χ0v) is 11.3. The van der Waals surface area contributed by atoms with Gasteiger partial charge in [-0.15, -0.1) is 0 Å². The number of nitrogens with zero attached hydrogens (tertiary/aromatic N) is 2. The van der Waals surface area contributed by atoms with Crippen LogP contribution in [0.2, 0.25) is 0 Å². The van der Waals surface area contributed by atoms with Crippen molar-refractivity contribution in [2.75, 3.05) is 19.5 Å². The molecule has 0 radical (unpaired) electrons. The summed E-state index contributed by atoms with van der Waals surface area (Å²) in [6.45, 7) is 2.44. The van der Waals surface area contributed by atoms with Gasteiger partial charge < -0.3 is 15.8 Å². The Morgan fingerprint density at radius 3 is 3.05 bits per heavy atom. The number of aryl methyl sites for hydroxylation is 1. The Morgan fingerprint density at radius 2 is 2.37 bits per heavy atom. The quantitative estimate of drug-likeness (QED) is 0.843. The molecule has 2 rings (SSSR count). The number of ether oxygens (including phenoxy) is 1. The maximum atomic E-state index is 12.2. The summed E-state index contributed by atoms with van der Waals surface area (Å²) in [5, 5.41) is 3.05. The van der Waals surface area contributed by atoms with Crippen molar-refractivity contribution in [2.24, 2.45) is 5.92 Å². The summed E-state index contributed by atoms with van der Waals surface area (Å²) in [7, 11) is 1.69. The lowest BCUT2D eigenvalue weighted by atomic mass is 10.0. The summed E-state index contributed by atoms with van der Waals surface area (Å²) in [6, 6.07) is 0.171. The van der Waals surface area contributed by atoms with E-state index in [1.54, 1.807) is 14.0 Å². The highest BCUT2D eigenvalue weighted by molar-refractivity contribution is 5.95. The van der Waals surface area contributed by atoms with Crippen LogP contribution < -0.4 is 11.1 Å². The van der Waals surface area contributed by atoms with Crippen LogP contribution in [0.1, 0.15) is 35.3 Å². The minimum Gasteiger partial charge on any atom is -0.384 e. The molecule has 0 bridgehead atoms. The number of anilines is 1. The van der Waals surface area contributed by atoms with E-state index in [2.05, 4.69) is 15.3 Å². The van der Waals surface area contributed by atoms with Crippen molar-refractivity contribution >= 4 is 11.9 Å². The third-order valence-corrected chi connectivity index (χ3v) is 3.60. The highest BCUT2D eigenvalue weighted by Gasteiger charge is 2.29. The number of aromatic nitrogens is 2. The number of carbonyl (C=O) groups excluding carboxylic acids is 1. The lowest BCUT2D eigenvalue weighted by Gasteiger charge is -2.20. The van der Waals surface area contributed by atoms with E-state index in [0.29, 0.717) is 23.8 Å². The molecule has 0 spiro atoms. The second-order valence-electron chi connectivity index (χ2n) is 4.95. The molecule has 1 saturated carbocycles. The highest BCUT2D eigenvalue weighted by Crippen LogP contribution is 2.26. The summed E-state index contributed by atoms with van der Waals surface area (Å²) >= 11 is 0. The van der Waals surface area contributed by atoms with Crippen LogP contribution in [0.15, 0.2) is 6.20 Å². The van der Waals surface area contributed by atoms with Gasteiger partial charge in [-0.1, -0.05) is 6.42 Å². The molecule has 19 heavy (non-hydrogen) atoms. The third kappa shape index (κ3) is 3.20. The Kier molecular flexibility index (Phi) is 4.31. The first-order valence-corrected chi connectivity index (χ1v) is 6.50. The second kappa shape index (κ2) is 5.97. The molecule has 0 aliphatic heterocycles. The van der Waals surface area contributed by atoms with Gasteiger partial charge in [-0.05, 0) is 19.8 Å². The minimum absolute atomic E-state index is 0.134. The zero-order valence-electron chi connectivity index (χ0n) is 11.3. The molecule has 1 fully saturated rings. The number of carbonyl (C=O) groups is 1. The van der Waals surface area contributed by atoms with E-state index in [9.17, 15) is 4.79 Å². The first kappa shape index (κ1) is 13.7. The molecular formula is C13H20N4O2. The number of rotatable bonds is 4. The van der Waals surface area contributed by atoms with E-state index >= 15 is 0 Å². The summed E-state index contributed by atoms with van der Waals surface area (Å²) in [6.07, 6.45) is 4.69. The number of amides is 1. The molecule has 3 N–H and O–H groups in total. The van der Waals surface area contributed by atoms with Gasteiger partial charge in [0.25, 0.3) is 5.91 Å². The number of hydrogen-bond acceptors (Lipinski definition) is 5. The standard InChI is InChI=1S/C13H20N4O2/c1-8-10(6-15-13(14)16-8)12(18)17-11-5-3-4-9(11)7-19-2/h6,9,11H,3-5,7H2,1-2H3,(H,17,18)(H2,14,15,16)/t9-,11-/m1/s1. The Morgan fingerprint density at radius 1 is 1.58 bits per heavy atom. The smallest absolute Gasteiger partial charge is 0.254 e. The Balaban J connectivity index is 2.04. The maximum absolute atomic E-state index is 12.2. The SMILES string of the molecule is COC[C@H]1CCC[C@H]1NC(=O)c1cnc(N)nc1C.